The van der Waals surface area contributed by atoms with Crippen molar-refractivity contribution >= 4 is 28.9 Å². The van der Waals surface area contributed by atoms with Crippen LogP contribution >= 0.6 is 22.9 Å². The molecule has 2 aromatic heterocycles. The summed E-state index contributed by atoms with van der Waals surface area (Å²) in [5.74, 6) is -0.391. The van der Waals surface area contributed by atoms with Crippen LogP contribution in [0.15, 0.2) is 24.5 Å². The van der Waals surface area contributed by atoms with E-state index in [1.807, 2.05) is 0 Å². The van der Waals surface area contributed by atoms with E-state index in [0.29, 0.717) is 20.6 Å². The lowest BCUT2D eigenvalue weighted by molar-refractivity contribution is 0.0606. The molecule has 0 amide bonds. The van der Waals surface area contributed by atoms with Crippen LogP contribution in [-0.2, 0) is 4.74 Å². The number of thiazole rings is 1. The van der Waals surface area contributed by atoms with Crippen LogP contribution in [0.5, 0.6) is 0 Å². The topological polar surface area (TPSA) is 52.1 Å². The molecule has 6 heteroatoms. The van der Waals surface area contributed by atoms with Crippen molar-refractivity contribution in [2.45, 2.75) is 0 Å². The lowest BCUT2D eigenvalue weighted by atomic mass is 10.4. The molecule has 2 rings (SSSR count). The molecule has 0 fully saturated rings. The highest BCUT2D eigenvalue weighted by atomic mass is 35.5. The van der Waals surface area contributed by atoms with Crippen molar-refractivity contribution in [3.8, 4) is 10.7 Å². The van der Waals surface area contributed by atoms with Crippen LogP contribution in [0.2, 0.25) is 5.02 Å². The summed E-state index contributed by atoms with van der Waals surface area (Å²) in [7, 11) is 1.34. The fraction of sp³-hybridized carbons (Fsp3) is 0.100. The number of halogens is 1. The van der Waals surface area contributed by atoms with Gasteiger partial charge in [-0.15, -0.1) is 11.3 Å². The Morgan fingerprint density at radius 1 is 1.38 bits per heavy atom. The van der Waals surface area contributed by atoms with Crippen molar-refractivity contribution in [2.75, 3.05) is 7.11 Å². The van der Waals surface area contributed by atoms with Gasteiger partial charge in [0.25, 0.3) is 0 Å². The van der Waals surface area contributed by atoms with Gasteiger partial charge in [-0.1, -0.05) is 11.6 Å². The molecule has 0 bridgehead atoms. The van der Waals surface area contributed by atoms with Crippen molar-refractivity contribution in [1.29, 1.82) is 0 Å². The smallest absolute Gasteiger partial charge is 0.349 e. The fourth-order valence-electron chi connectivity index (χ4n) is 1.09. The Balaban J connectivity index is 2.31. The maximum atomic E-state index is 11.2. The Kier molecular flexibility index (Phi) is 3.17. The second kappa shape index (κ2) is 4.59. The van der Waals surface area contributed by atoms with Gasteiger partial charge in [-0.2, -0.15) is 0 Å². The molecule has 2 heterocycles. The van der Waals surface area contributed by atoms with Crippen LogP contribution < -0.4 is 0 Å². The highest BCUT2D eigenvalue weighted by Crippen LogP contribution is 2.24. The first-order valence-electron chi connectivity index (χ1n) is 4.37. The third-order valence-electron chi connectivity index (χ3n) is 1.84. The van der Waals surface area contributed by atoms with Crippen molar-refractivity contribution < 1.29 is 9.53 Å². The zero-order valence-corrected chi connectivity index (χ0v) is 9.88. The molecule has 0 aromatic carbocycles. The number of hydrogen-bond acceptors (Lipinski definition) is 5. The largest absolute Gasteiger partial charge is 0.465 e. The van der Waals surface area contributed by atoms with Crippen molar-refractivity contribution in [3.05, 3.63) is 34.4 Å². The first-order valence-corrected chi connectivity index (χ1v) is 5.56. The van der Waals surface area contributed by atoms with E-state index in [1.54, 1.807) is 12.1 Å². The van der Waals surface area contributed by atoms with Gasteiger partial charge in [0.15, 0.2) is 0 Å². The monoisotopic (exact) mass is 254 g/mol. The van der Waals surface area contributed by atoms with E-state index in [0.717, 1.165) is 0 Å². The lowest BCUT2D eigenvalue weighted by Crippen LogP contribution is -1.96. The zero-order valence-electron chi connectivity index (χ0n) is 8.31. The van der Waals surface area contributed by atoms with Crippen LogP contribution in [0, 0.1) is 0 Å². The van der Waals surface area contributed by atoms with Gasteiger partial charge in [0.2, 0.25) is 0 Å². The number of aromatic nitrogens is 2. The van der Waals surface area contributed by atoms with Gasteiger partial charge in [0.1, 0.15) is 9.88 Å². The maximum absolute atomic E-state index is 11.2. The standard InChI is InChI=1S/C10H7ClN2O2S/c1-15-10(14)8-5-13-9(16-8)7-3-2-6(11)4-12-7/h2-5H,1H3. The van der Waals surface area contributed by atoms with Gasteiger partial charge in [-0.05, 0) is 12.1 Å². The van der Waals surface area contributed by atoms with Crippen molar-refractivity contribution in [3.63, 3.8) is 0 Å². The van der Waals surface area contributed by atoms with Crippen LogP contribution in [0.1, 0.15) is 9.67 Å². The number of methoxy groups -OCH3 is 1. The van der Waals surface area contributed by atoms with Gasteiger partial charge >= 0.3 is 5.97 Å². The summed E-state index contributed by atoms with van der Waals surface area (Å²) in [6.45, 7) is 0. The highest BCUT2D eigenvalue weighted by Gasteiger charge is 2.12. The van der Waals surface area contributed by atoms with E-state index < -0.39 is 5.97 Å². The van der Waals surface area contributed by atoms with Crippen LogP contribution in [0.25, 0.3) is 10.7 Å². The molecule has 0 radical (unpaired) electrons. The molecule has 16 heavy (non-hydrogen) atoms. The molecule has 0 atom stereocenters. The second-order valence-electron chi connectivity index (χ2n) is 2.88. The Morgan fingerprint density at radius 3 is 2.81 bits per heavy atom. The summed E-state index contributed by atoms with van der Waals surface area (Å²) in [5.41, 5.74) is 0.685. The molecule has 0 aliphatic heterocycles. The molecule has 0 spiro atoms. The second-order valence-corrected chi connectivity index (χ2v) is 4.35. The quantitative estimate of drug-likeness (QED) is 0.773. The molecule has 0 saturated heterocycles. The number of esters is 1. The van der Waals surface area contributed by atoms with Gasteiger partial charge in [0, 0.05) is 6.20 Å². The zero-order chi connectivity index (χ0) is 11.5. The summed E-state index contributed by atoms with van der Waals surface area (Å²) in [6.07, 6.45) is 3.01. The van der Waals surface area contributed by atoms with Crippen LogP contribution in [0.3, 0.4) is 0 Å². The fourth-order valence-corrected chi connectivity index (χ4v) is 2.01. The number of carbonyl (C=O) groups is 1. The normalized spacial score (nSPS) is 10.1. The Hall–Kier alpha value is -1.46. The molecular weight excluding hydrogens is 248 g/mol. The number of pyridine rings is 1. The van der Waals surface area contributed by atoms with Gasteiger partial charge in [0.05, 0.1) is 24.0 Å². The van der Waals surface area contributed by atoms with E-state index in [1.165, 1.54) is 30.8 Å². The molecular formula is C10H7ClN2O2S. The summed E-state index contributed by atoms with van der Waals surface area (Å²) in [4.78, 5) is 19.9. The minimum atomic E-state index is -0.391. The lowest BCUT2D eigenvalue weighted by Gasteiger charge is -1.94. The molecule has 2 aromatic rings. The number of nitrogens with zero attached hydrogens (tertiary/aromatic N) is 2. The Bertz CT molecular complexity index is 510. The summed E-state index contributed by atoms with van der Waals surface area (Å²) >= 11 is 6.96. The molecule has 0 saturated carbocycles. The number of ether oxygens (including phenoxy) is 1. The number of rotatable bonds is 2. The minimum absolute atomic E-state index is 0.391. The van der Waals surface area contributed by atoms with E-state index >= 15 is 0 Å². The average molecular weight is 255 g/mol. The Morgan fingerprint density at radius 2 is 2.19 bits per heavy atom. The van der Waals surface area contributed by atoms with Crippen molar-refractivity contribution in [1.82, 2.24) is 9.97 Å². The molecule has 0 unspecified atom stereocenters. The van der Waals surface area contributed by atoms with E-state index in [-0.39, 0.29) is 0 Å². The van der Waals surface area contributed by atoms with Crippen LogP contribution in [-0.4, -0.2) is 23.0 Å². The SMILES string of the molecule is COC(=O)c1cnc(-c2ccc(Cl)cn2)s1. The third-order valence-corrected chi connectivity index (χ3v) is 3.06. The first-order chi connectivity index (χ1) is 7.70. The van der Waals surface area contributed by atoms with Crippen molar-refractivity contribution in [2.24, 2.45) is 0 Å². The minimum Gasteiger partial charge on any atom is -0.465 e. The van der Waals surface area contributed by atoms with E-state index in [9.17, 15) is 4.79 Å². The molecule has 0 aliphatic carbocycles. The van der Waals surface area contributed by atoms with Crippen LogP contribution in [0.4, 0.5) is 0 Å². The first kappa shape index (κ1) is 11.0. The van der Waals surface area contributed by atoms with E-state index in [4.69, 9.17) is 11.6 Å². The molecule has 4 nitrogen and oxygen atoms in total. The third kappa shape index (κ3) is 2.20. The summed E-state index contributed by atoms with van der Waals surface area (Å²) < 4.78 is 4.59. The van der Waals surface area contributed by atoms with Gasteiger partial charge < -0.3 is 4.74 Å². The van der Waals surface area contributed by atoms with E-state index in [2.05, 4.69) is 14.7 Å². The number of carbonyl (C=O) groups excluding carboxylic acids is 1. The Labute approximate surface area is 101 Å². The molecule has 0 aliphatic rings. The predicted molar refractivity (Wildman–Crippen MR) is 61.7 cm³/mol. The predicted octanol–water partition coefficient (Wildman–Crippen LogP) is 2.65. The molecule has 82 valence electrons. The summed E-state index contributed by atoms with van der Waals surface area (Å²) in [5, 5.41) is 1.23. The maximum Gasteiger partial charge on any atom is 0.349 e. The van der Waals surface area contributed by atoms with Gasteiger partial charge in [-0.25, -0.2) is 9.78 Å². The molecule has 0 N–H and O–H groups in total. The summed E-state index contributed by atoms with van der Waals surface area (Å²) in [6, 6.07) is 3.48. The number of hydrogen-bond donors (Lipinski definition) is 0. The average Bonchev–Trinajstić information content (AvgIpc) is 2.78. The van der Waals surface area contributed by atoms with Gasteiger partial charge in [-0.3, -0.25) is 4.98 Å². The highest BCUT2D eigenvalue weighted by molar-refractivity contribution is 7.16.